The van der Waals surface area contributed by atoms with Crippen LogP contribution in [-0.4, -0.2) is 24.1 Å². The molecule has 0 saturated carbocycles. The van der Waals surface area contributed by atoms with Crippen LogP contribution in [-0.2, 0) is 19.1 Å². The lowest BCUT2D eigenvalue weighted by molar-refractivity contribution is -0.143. The first-order chi connectivity index (χ1) is 12.6. The predicted molar refractivity (Wildman–Crippen MR) is 104 cm³/mol. The van der Waals surface area contributed by atoms with Gasteiger partial charge in [-0.3, -0.25) is 14.4 Å². The van der Waals surface area contributed by atoms with Crippen molar-refractivity contribution in [3.8, 4) is 0 Å². The first-order valence-corrected chi connectivity index (χ1v) is 10.5. The van der Waals surface area contributed by atoms with Gasteiger partial charge in [-0.25, -0.2) is 0 Å². The zero-order valence-corrected chi connectivity index (χ0v) is 16.6. The molecule has 0 heterocycles. The van der Waals surface area contributed by atoms with E-state index in [1.54, 1.807) is 6.08 Å². The Morgan fingerprint density at radius 2 is 1.65 bits per heavy atom. The van der Waals surface area contributed by atoms with Crippen LogP contribution in [0.5, 0.6) is 0 Å². The second-order valence-corrected chi connectivity index (χ2v) is 7.32. The van der Waals surface area contributed by atoms with Gasteiger partial charge in [0.2, 0.25) is 0 Å². The van der Waals surface area contributed by atoms with E-state index in [-0.39, 0.29) is 23.6 Å². The third-order valence-electron chi connectivity index (χ3n) is 5.16. The summed E-state index contributed by atoms with van der Waals surface area (Å²) in [5.74, 6) is 0.732. The van der Waals surface area contributed by atoms with Gasteiger partial charge in [0.1, 0.15) is 5.78 Å². The summed E-state index contributed by atoms with van der Waals surface area (Å²) in [5.41, 5.74) is 0. The highest BCUT2D eigenvalue weighted by molar-refractivity contribution is 5.94. The normalized spacial score (nSPS) is 19.1. The predicted octanol–water partition coefficient (Wildman–Crippen LogP) is 5.19. The van der Waals surface area contributed by atoms with Crippen molar-refractivity contribution in [2.45, 2.75) is 90.9 Å². The molecule has 0 radical (unpaired) electrons. The van der Waals surface area contributed by atoms with Crippen molar-refractivity contribution in [2.75, 3.05) is 6.61 Å². The molecule has 0 bridgehead atoms. The lowest BCUT2D eigenvalue weighted by Crippen LogP contribution is -2.17. The first-order valence-electron chi connectivity index (χ1n) is 10.5. The SMILES string of the molecule is CCCCCC(=O)CCC1C=CC(=O)C1CCCCCCC(=O)OCC. The molecule has 148 valence electrons. The maximum absolute atomic E-state index is 12.1. The number of ether oxygens (including phenoxy) is 1. The summed E-state index contributed by atoms with van der Waals surface area (Å²) >= 11 is 0. The molecular weight excluding hydrogens is 328 g/mol. The first kappa shape index (κ1) is 22.6. The van der Waals surface area contributed by atoms with Gasteiger partial charge in [0.05, 0.1) is 6.61 Å². The third-order valence-corrected chi connectivity index (χ3v) is 5.16. The van der Waals surface area contributed by atoms with Gasteiger partial charge in [-0.2, -0.15) is 0 Å². The molecule has 4 heteroatoms. The van der Waals surface area contributed by atoms with Crippen molar-refractivity contribution in [3.05, 3.63) is 12.2 Å². The van der Waals surface area contributed by atoms with E-state index in [9.17, 15) is 14.4 Å². The van der Waals surface area contributed by atoms with Crippen molar-refractivity contribution in [1.29, 1.82) is 0 Å². The number of esters is 1. The van der Waals surface area contributed by atoms with E-state index in [0.29, 0.717) is 31.7 Å². The zero-order valence-electron chi connectivity index (χ0n) is 16.6. The maximum atomic E-state index is 12.1. The van der Waals surface area contributed by atoms with Crippen molar-refractivity contribution < 1.29 is 19.1 Å². The Bertz CT molecular complexity index is 467. The zero-order chi connectivity index (χ0) is 19.2. The van der Waals surface area contributed by atoms with E-state index < -0.39 is 0 Å². The average molecular weight is 365 g/mol. The van der Waals surface area contributed by atoms with Gasteiger partial charge in [0.15, 0.2) is 5.78 Å². The summed E-state index contributed by atoms with van der Waals surface area (Å²) in [6.45, 7) is 4.40. The molecule has 0 aromatic carbocycles. The molecule has 0 spiro atoms. The number of carbonyl (C=O) groups excluding carboxylic acids is 3. The van der Waals surface area contributed by atoms with Gasteiger partial charge in [0.25, 0.3) is 0 Å². The number of allylic oxidation sites excluding steroid dienone is 2. The van der Waals surface area contributed by atoms with E-state index in [4.69, 9.17) is 4.74 Å². The number of unbranched alkanes of at least 4 members (excludes halogenated alkanes) is 5. The van der Waals surface area contributed by atoms with Crippen molar-refractivity contribution in [1.82, 2.24) is 0 Å². The highest BCUT2D eigenvalue weighted by Crippen LogP contribution is 2.31. The Labute approximate surface area is 158 Å². The molecule has 0 aromatic heterocycles. The molecule has 0 aromatic rings. The Kier molecular flexibility index (Phi) is 11.9. The van der Waals surface area contributed by atoms with Crippen LogP contribution in [0.4, 0.5) is 0 Å². The lowest BCUT2D eigenvalue weighted by Gasteiger charge is -2.17. The Morgan fingerprint density at radius 1 is 0.923 bits per heavy atom. The number of rotatable bonds is 15. The molecular formula is C22H36O4. The largest absolute Gasteiger partial charge is 0.466 e. The number of Topliss-reactive ketones (excluding diaryl/α,β-unsaturated/α-hetero) is 1. The second kappa shape index (κ2) is 13.7. The molecule has 1 aliphatic carbocycles. The minimum atomic E-state index is -0.119. The van der Waals surface area contributed by atoms with Crippen LogP contribution < -0.4 is 0 Å². The van der Waals surface area contributed by atoms with Crippen LogP contribution in [0.1, 0.15) is 90.9 Å². The third kappa shape index (κ3) is 9.30. The van der Waals surface area contributed by atoms with Crippen LogP contribution in [0, 0.1) is 11.8 Å². The van der Waals surface area contributed by atoms with Crippen molar-refractivity contribution in [3.63, 3.8) is 0 Å². The molecule has 2 atom stereocenters. The highest BCUT2D eigenvalue weighted by atomic mass is 16.5. The van der Waals surface area contributed by atoms with Crippen LogP contribution >= 0.6 is 0 Å². The van der Waals surface area contributed by atoms with Gasteiger partial charge in [-0.1, -0.05) is 45.1 Å². The minimum Gasteiger partial charge on any atom is -0.466 e. The van der Waals surface area contributed by atoms with Crippen molar-refractivity contribution >= 4 is 17.5 Å². The summed E-state index contributed by atoms with van der Waals surface area (Å²) in [4.78, 5) is 35.3. The van der Waals surface area contributed by atoms with E-state index >= 15 is 0 Å². The molecule has 1 aliphatic rings. The molecule has 0 amide bonds. The number of ketones is 2. The van der Waals surface area contributed by atoms with Crippen LogP contribution in [0.25, 0.3) is 0 Å². The molecule has 0 saturated heterocycles. The molecule has 1 rings (SSSR count). The standard InChI is InChI=1S/C22H36O4/c1-3-5-8-11-19(23)16-14-18-15-17-21(24)20(18)12-9-6-7-10-13-22(25)26-4-2/h15,17-18,20H,3-14,16H2,1-2H3. The van der Waals surface area contributed by atoms with E-state index in [1.807, 2.05) is 13.0 Å². The monoisotopic (exact) mass is 364 g/mol. The van der Waals surface area contributed by atoms with Gasteiger partial charge < -0.3 is 4.74 Å². The van der Waals surface area contributed by atoms with Gasteiger partial charge in [-0.15, -0.1) is 0 Å². The number of carbonyl (C=O) groups is 3. The van der Waals surface area contributed by atoms with E-state index in [1.165, 1.54) is 0 Å². The fourth-order valence-corrected chi connectivity index (χ4v) is 3.59. The number of hydrogen-bond acceptors (Lipinski definition) is 4. The molecule has 0 fully saturated rings. The summed E-state index contributed by atoms with van der Waals surface area (Å²) in [7, 11) is 0. The molecule has 26 heavy (non-hydrogen) atoms. The molecule has 2 unspecified atom stereocenters. The molecule has 4 nitrogen and oxygen atoms in total. The van der Waals surface area contributed by atoms with Gasteiger partial charge in [0, 0.05) is 25.2 Å². The van der Waals surface area contributed by atoms with Gasteiger partial charge in [-0.05, 0) is 44.6 Å². The summed E-state index contributed by atoms with van der Waals surface area (Å²) < 4.78 is 4.92. The van der Waals surface area contributed by atoms with Crippen molar-refractivity contribution in [2.24, 2.45) is 11.8 Å². The molecule has 0 N–H and O–H groups in total. The van der Waals surface area contributed by atoms with Crippen LogP contribution in [0.2, 0.25) is 0 Å². The van der Waals surface area contributed by atoms with Crippen LogP contribution in [0.15, 0.2) is 12.2 Å². The van der Waals surface area contributed by atoms with Gasteiger partial charge >= 0.3 is 5.97 Å². The summed E-state index contributed by atoms with van der Waals surface area (Å²) in [6, 6.07) is 0. The Balaban J connectivity index is 2.18. The quantitative estimate of drug-likeness (QED) is 0.296. The fraction of sp³-hybridized carbons (Fsp3) is 0.773. The van der Waals surface area contributed by atoms with E-state index in [2.05, 4.69) is 6.92 Å². The molecule has 0 aliphatic heterocycles. The van der Waals surface area contributed by atoms with Crippen LogP contribution in [0.3, 0.4) is 0 Å². The topological polar surface area (TPSA) is 60.4 Å². The Hall–Kier alpha value is -1.45. The average Bonchev–Trinajstić information content (AvgIpc) is 2.96. The maximum Gasteiger partial charge on any atom is 0.305 e. The minimum absolute atomic E-state index is 0.0588. The Morgan fingerprint density at radius 3 is 2.38 bits per heavy atom. The van der Waals surface area contributed by atoms with E-state index in [0.717, 1.165) is 57.8 Å². The smallest absolute Gasteiger partial charge is 0.305 e. The number of hydrogen-bond donors (Lipinski definition) is 0. The fourth-order valence-electron chi connectivity index (χ4n) is 3.59. The lowest BCUT2D eigenvalue weighted by atomic mass is 9.85. The summed E-state index contributed by atoms with van der Waals surface area (Å²) in [5, 5.41) is 0. The highest BCUT2D eigenvalue weighted by Gasteiger charge is 2.29. The second-order valence-electron chi connectivity index (χ2n) is 7.32. The summed E-state index contributed by atoms with van der Waals surface area (Å²) in [6.07, 6.45) is 14.3.